The van der Waals surface area contributed by atoms with Crippen LogP contribution >= 0.6 is 0 Å². The average Bonchev–Trinajstić information content (AvgIpc) is 2.95. The third-order valence-electron chi connectivity index (χ3n) is 4.57. The molecule has 3 N–H and O–H groups in total. The molecule has 0 bridgehead atoms. The van der Waals surface area contributed by atoms with Gasteiger partial charge in [-0.1, -0.05) is 60.7 Å². The molecule has 1 heterocycles. The topological polar surface area (TPSA) is 67.5 Å². The van der Waals surface area contributed by atoms with Gasteiger partial charge in [-0.3, -0.25) is 9.79 Å². The van der Waals surface area contributed by atoms with Crippen LogP contribution in [0.3, 0.4) is 0 Å². The molecule has 0 radical (unpaired) electrons. The fourth-order valence-electron chi connectivity index (χ4n) is 3.09. The highest BCUT2D eigenvalue weighted by Crippen LogP contribution is 2.25. The average molecular weight is 359 g/mol. The zero-order valence-corrected chi connectivity index (χ0v) is 15.5. The quantitative estimate of drug-likeness (QED) is 0.729. The van der Waals surface area contributed by atoms with E-state index in [1.807, 2.05) is 73.7 Å². The van der Waals surface area contributed by atoms with E-state index in [9.17, 15) is 4.79 Å². The lowest BCUT2D eigenvalue weighted by Crippen LogP contribution is -2.28. The van der Waals surface area contributed by atoms with Crippen molar-refractivity contribution in [2.45, 2.75) is 25.8 Å². The van der Waals surface area contributed by atoms with Crippen LogP contribution in [-0.2, 0) is 0 Å². The van der Waals surface area contributed by atoms with Gasteiger partial charge in [0.15, 0.2) is 5.78 Å². The molecule has 0 aromatic heterocycles. The number of nitrogens with one attached hydrogen (secondary N) is 1. The molecule has 3 rings (SSSR count). The first-order valence-corrected chi connectivity index (χ1v) is 9.26. The SMILES string of the molecule is CC(N)CCC(C(=O)c1ccccc1)C1=CN=CC=C(c2ccccc2)N1. The van der Waals surface area contributed by atoms with Crippen molar-refractivity contribution in [3.05, 3.63) is 89.8 Å². The number of carbonyl (C=O) groups excluding carboxylic acids is 1. The minimum absolute atomic E-state index is 0.0371. The molecule has 0 amide bonds. The number of ketones is 1. The van der Waals surface area contributed by atoms with Gasteiger partial charge in [-0.05, 0) is 31.4 Å². The number of allylic oxidation sites excluding steroid dienone is 2. The molecule has 138 valence electrons. The number of carbonyl (C=O) groups is 1. The molecule has 1 aliphatic rings. The van der Waals surface area contributed by atoms with E-state index in [1.54, 1.807) is 12.4 Å². The van der Waals surface area contributed by atoms with Crippen molar-refractivity contribution in [3.8, 4) is 0 Å². The van der Waals surface area contributed by atoms with Gasteiger partial charge < -0.3 is 11.1 Å². The second kappa shape index (κ2) is 9.10. The summed E-state index contributed by atoms with van der Waals surface area (Å²) in [4.78, 5) is 17.6. The smallest absolute Gasteiger partial charge is 0.171 e. The van der Waals surface area contributed by atoms with Gasteiger partial charge in [0.2, 0.25) is 0 Å². The maximum Gasteiger partial charge on any atom is 0.171 e. The molecule has 1 aliphatic heterocycles. The fourth-order valence-corrected chi connectivity index (χ4v) is 3.09. The zero-order chi connectivity index (χ0) is 19.1. The van der Waals surface area contributed by atoms with E-state index < -0.39 is 0 Å². The molecule has 0 spiro atoms. The first kappa shape index (κ1) is 18.8. The Balaban J connectivity index is 1.89. The van der Waals surface area contributed by atoms with Crippen LogP contribution in [0.4, 0.5) is 0 Å². The Labute approximate surface area is 160 Å². The molecule has 2 aromatic rings. The van der Waals surface area contributed by atoms with Crippen LogP contribution in [0.15, 0.2) is 83.6 Å². The second-order valence-electron chi connectivity index (χ2n) is 6.79. The van der Waals surface area contributed by atoms with Crippen molar-refractivity contribution >= 4 is 17.7 Å². The normalized spacial score (nSPS) is 15.8. The van der Waals surface area contributed by atoms with E-state index in [0.29, 0.717) is 12.0 Å². The molecule has 0 saturated heterocycles. The van der Waals surface area contributed by atoms with Gasteiger partial charge in [0.1, 0.15) is 0 Å². The predicted octanol–water partition coefficient (Wildman–Crippen LogP) is 4.17. The highest BCUT2D eigenvalue weighted by molar-refractivity contribution is 6.00. The number of Topliss-reactive ketones (excluding diaryl/α,β-unsaturated/α-hetero) is 1. The van der Waals surface area contributed by atoms with Crippen LogP contribution in [0.5, 0.6) is 0 Å². The number of benzene rings is 2. The van der Waals surface area contributed by atoms with Crippen molar-refractivity contribution in [2.75, 3.05) is 0 Å². The highest BCUT2D eigenvalue weighted by Gasteiger charge is 2.25. The molecule has 0 saturated carbocycles. The number of nitrogens with two attached hydrogens (primary N) is 1. The Kier molecular flexibility index (Phi) is 6.34. The first-order valence-electron chi connectivity index (χ1n) is 9.26. The van der Waals surface area contributed by atoms with Gasteiger partial charge in [-0.15, -0.1) is 0 Å². The molecule has 4 nitrogen and oxygen atoms in total. The third kappa shape index (κ3) is 5.02. The van der Waals surface area contributed by atoms with Crippen molar-refractivity contribution in [3.63, 3.8) is 0 Å². The standard InChI is InChI=1S/C23H25N3O/c1-17(24)12-13-20(23(27)19-10-6-3-7-11-19)22-16-25-15-14-21(26-22)18-8-4-2-5-9-18/h2-11,14-17,20,26H,12-13,24H2,1H3. The number of aliphatic imine (C=N–C) groups is 1. The van der Waals surface area contributed by atoms with Crippen LogP contribution in [0, 0.1) is 5.92 Å². The van der Waals surface area contributed by atoms with Crippen LogP contribution in [0.2, 0.25) is 0 Å². The molecule has 0 fully saturated rings. The Morgan fingerprint density at radius 3 is 2.37 bits per heavy atom. The summed E-state index contributed by atoms with van der Waals surface area (Å²) in [6.07, 6.45) is 6.85. The molecule has 2 unspecified atom stereocenters. The van der Waals surface area contributed by atoms with Crippen LogP contribution in [-0.4, -0.2) is 18.0 Å². The van der Waals surface area contributed by atoms with E-state index in [1.165, 1.54) is 0 Å². The molecular formula is C23H25N3O. The predicted molar refractivity (Wildman–Crippen MR) is 111 cm³/mol. The minimum Gasteiger partial charge on any atom is -0.357 e. The number of hydrogen-bond acceptors (Lipinski definition) is 4. The number of rotatable bonds is 7. The monoisotopic (exact) mass is 359 g/mol. The van der Waals surface area contributed by atoms with Gasteiger partial charge >= 0.3 is 0 Å². The largest absolute Gasteiger partial charge is 0.357 e. The summed E-state index contributed by atoms with van der Waals surface area (Å²) in [5, 5.41) is 3.44. The Morgan fingerprint density at radius 2 is 1.70 bits per heavy atom. The summed E-state index contributed by atoms with van der Waals surface area (Å²) < 4.78 is 0. The van der Waals surface area contributed by atoms with Crippen LogP contribution in [0.25, 0.3) is 5.70 Å². The molecule has 4 heteroatoms. The van der Waals surface area contributed by atoms with E-state index >= 15 is 0 Å². The van der Waals surface area contributed by atoms with E-state index in [2.05, 4.69) is 10.3 Å². The lowest BCUT2D eigenvalue weighted by Gasteiger charge is -2.22. The molecule has 2 atom stereocenters. The summed E-state index contributed by atoms with van der Waals surface area (Å²) in [6, 6.07) is 19.5. The van der Waals surface area contributed by atoms with Crippen LogP contribution < -0.4 is 11.1 Å². The fraction of sp³-hybridized carbons (Fsp3) is 0.217. The minimum atomic E-state index is -0.319. The lowest BCUT2D eigenvalue weighted by molar-refractivity contribution is 0.0929. The van der Waals surface area contributed by atoms with Crippen LogP contribution in [0.1, 0.15) is 35.7 Å². The number of hydrogen-bond donors (Lipinski definition) is 2. The molecular weight excluding hydrogens is 334 g/mol. The van der Waals surface area contributed by atoms with Crippen molar-refractivity contribution in [2.24, 2.45) is 16.6 Å². The van der Waals surface area contributed by atoms with Crippen molar-refractivity contribution in [1.29, 1.82) is 0 Å². The Morgan fingerprint density at radius 1 is 1.04 bits per heavy atom. The van der Waals surface area contributed by atoms with Gasteiger partial charge in [0.25, 0.3) is 0 Å². The zero-order valence-electron chi connectivity index (χ0n) is 15.5. The Hall–Kier alpha value is -2.98. The maximum atomic E-state index is 13.2. The summed E-state index contributed by atoms with van der Waals surface area (Å²) in [7, 11) is 0. The van der Waals surface area contributed by atoms with Gasteiger partial charge in [-0.2, -0.15) is 0 Å². The van der Waals surface area contributed by atoms with E-state index in [4.69, 9.17) is 5.73 Å². The summed E-state index contributed by atoms with van der Waals surface area (Å²) in [5.74, 6) is -0.236. The Bertz CT molecular complexity index is 852. The number of nitrogens with zero attached hydrogens (tertiary/aromatic N) is 1. The third-order valence-corrected chi connectivity index (χ3v) is 4.57. The lowest BCUT2D eigenvalue weighted by atomic mass is 9.89. The van der Waals surface area contributed by atoms with E-state index in [0.717, 1.165) is 23.4 Å². The van der Waals surface area contributed by atoms with Gasteiger partial charge in [0.05, 0.1) is 5.92 Å². The first-order chi connectivity index (χ1) is 13.1. The highest BCUT2D eigenvalue weighted by atomic mass is 16.1. The summed E-state index contributed by atoms with van der Waals surface area (Å²) in [5.41, 5.74) is 9.44. The van der Waals surface area contributed by atoms with Crippen molar-refractivity contribution < 1.29 is 4.79 Å². The molecule has 2 aromatic carbocycles. The summed E-state index contributed by atoms with van der Waals surface area (Å²) >= 11 is 0. The maximum absolute atomic E-state index is 13.2. The summed E-state index contributed by atoms with van der Waals surface area (Å²) in [6.45, 7) is 1.96. The van der Waals surface area contributed by atoms with E-state index in [-0.39, 0.29) is 17.7 Å². The molecule has 0 aliphatic carbocycles. The second-order valence-corrected chi connectivity index (χ2v) is 6.79. The van der Waals surface area contributed by atoms with Gasteiger partial charge in [-0.25, -0.2) is 0 Å². The van der Waals surface area contributed by atoms with Crippen molar-refractivity contribution in [1.82, 2.24) is 5.32 Å². The van der Waals surface area contributed by atoms with Gasteiger partial charge in [0, 0.05) is 35.4 Å². The molecule has 27 heavy (non-hydrogen) atoms.